The first-order valence-electron chi connectivity index (χ1n) is 8.89. The first kappa shape index (κ1) is 19.6. The van der Waals surface area contributed by atoms with Crippen molar-refractivity contribution >= 4 is 17.7 Å². The SMILES string of the molecule is COC(=O)C1SCCC1NC(c1ccc(OC)cc1)c1ccc(OC)cc1. The van der Waals surface area contributed by atoms with Crippen LogP contribution in [0.15, 0.2) is 48.5 Å². The Bertz CT molecular complexity index is 700. The first-order valence-corrected chi connectivity index (χ1v) is 9.94. The van der Waals surface area contributed by atoms with Gasteiger partial charge in [-0.1, -0.05) is 24.3 Å². The zero-order valence-corrected chi connectivity index (χ0v) is 16.6. The van der Waals surface area contributed by atoms with E-state index in [1.807, 2.05) is 24.3 Å². The summed E-state index contributed by atoms with van der Waals surface area (Å²) < 4.78 is 15.5. The third kappa shape index (κ3) is 4.57. The zero-order chi connectivity index (χ0) is 19.2. The number of rotatable bonds is 7. The van der Waals surface area contributed by atoms with E-state index in [0.29, 0.717) is 0 Å². The average Bonchev–Trinajstić information content (AvgIpc) is 3.20. The number of hydrogen-bond donors (Lipinski definition) is 1. The molecule has 2 aromatic rings. The summed E-state index contributed by atoms with van der Waals surface area (Å²) in [6.45, 7) is 0. The number of methoxy groups -OCH3 is 3. The van der Waals surface area contributed by atoms with Crippen molar-refractivity contribution in [1.29, 1.82) is 0 Å². The van der Waals surface area contributed by atoms with Crippen molar-refractivity contribution in [1.82, 2.24) is 5.32 Å². The fraction of sp³-hybridized carbons (Fsp3) is 0.381. The molecule has 0 amide bonds. The molecule has 0 spiro atoms. The Hall–Kier alpha value is -2.18. The highest BCUT2D eigenvalue weighted by Crippen LogP contribution is 2.32. The van der Waals surface area contributed by atoms with Crippen molar-refractivity contribution in [3.63, 3.8) is 0 Å². The summed E-state index contributed by atoms with van der Waals surface area (Å²) in [4.78, 5) is 12.1. The fourth-order valence-corrected chi connectivity index (χ4v) is 4.62. The van der Waals surface area contributed by atoms with Crippen LogP contribution in [0.2, 0.25) is 0 Å². The lowest BCUT2D eigenvalue weighted by Gasteiger charge is -2.26. The third-order valence-electron chi connectivity index (χ3n) is 4.80. The molecular formula is C21H25NO4S. The Balaban J connectivity index is 1.89. The lowest BCUT2D eigenvalue weighted by Crippen LogP contribution is -2.42. The summed E-state index contributed by atoms with van der Waals surface area (Å²) in [7, 11) is 4.76. The maximum absolute atomic E-state index is 12.1. The van der Waals surface area contributed by atoms with Crippen molar-refractivity contribution in [2.45, 2.75) is 23.8 Å². The predicted molar refractivity (Wildman–Crippen MR) is 108 cm³/mol. The van der Waals surface area contributed by atoms with Crippen LogP contribution in [0.25, 0.3) is 0 Å². The molecule has 1 heterocycles. The van der Waals surface area contributed by atoms with Gasteiger partial charge in [-0.3, -0.25) is 4.79 Å². The van der Waals surface area contributed by atoms with Gasteiger partial charge in [-0.2, -0.15) is 0 Å². The van der Waals surface area contributed by atoms with Gasteiger partial charge in [0.2, 0.25) is 0 Å². The molecule has 0 saturated carbocycles. The van der Waals surface area contributed by atoms with E-state index in [2.05, 4.69) is 29.6 Å². The predicted octanol–water partition coefficient (Wildman–Crippen LogP) is 3.43. The van der Waals surface area contributed by atoms with Crippen LogP contribution in [0.4, 0.5) is 0 Å². The van der Waals surface area contributed by atoms with Crippen molar-refractivity contribution < 1.29 is 19.0 Å². The summed E-state index contributed by atoms with van der Waals surface area (Å²) in [6.07, 6.45) is 0.924. The highest BCUT2D eigenvalue weighted by atomic mass is 32.2. The molecule has 0 radical (unpaired) electrons. The molecule has 1 N–H and O–H groups in total. The Morgan fingerprint density at radius 1 is 0.963 bits per heavy atom. The van der Waals surface area contributed by atoms with Crippen molar-refractivity contribution in [3.05, 3.63) is 59.7 Å². The second-order valence-corrected chi connectivity index (χ2v) is 7.61. The zero-order valence-electron chi connectivity index (χ0n) is 15.8. The number of ether oxygens (including phenoxy) is 3. The monoisotopic (exact) mass is 387 g/mol. The number of benzene rings is 2. The summed E-state index contributed by atoms with van der Waals surface area (Å²) in [6, 6.07) is 16.0. The van der Waals surface area contributed by atoms with E-state index in [9.17, 15) is 4.79 Å². The molecule has 2 aromatic carbocycles. The molecule has 0 bridgehead atoms. The van der Waals surface area contributed by atoms with Gasteiger partial charge in [0.1, 0.15) is 16.7 Å². The number of esters is 1. The van der Waals surface area contributed by atoms with Crippen molar-refractivity contribution in [2.24, 2.45) is 0 Å². The molecular weight excluding hydrogens is 362 g/mol. The summed E-state index contributed by atoms with van der Waals surface area (Å²) in [5.41, 5.74) is 2.22. The van der Waals surface area contributed by atoms with E-state index in [1.165, 1.54) is 7.11 Å². The van der Waals surface area contributed by atoms with Crippen molar-refractivity contribution in [2.75, 3.05) is 27.1 Å². The minimum Gasteiger partial charge on any atom is -0.497 e. The number of nitrogens with one attached hydrogen (secondary N) is 1. The fourth-order valence-electron chi connectivity index (χ4n) is 3.30. The van der Waals surface area contributed by atoms with E-state index in [-0.39, 0.29) is 23.3 Å². The van der Waals surface area contributed by atoms with Gasteiger partial charge in [-0.15, -0.1) is 11.8 Å². The summed E-state index contributed by atoms with van der Waals surface area (Å²) in [5.74, 6) is 2.40. The minimum absolute atomic E-state index is 0.0438. The van der Waals surface area contributed by atoms with Gasteiger partial charge in [0.25, 0.3) is 0 Å². The van der Waals surface area contributed by atoms with Gasteiger partial charge in [0, 0.05) is 6.04 Å². The molecule has 0 aliphatic carbocycles. The van der Waals surface area contributed by atoms with Crippen LogP contribution < -0.4 is 14.8 Å². The molecule has 1 fully saturated rings. The standard InChI is InChI=1S/C21H25NO4S/c1-24-16-8-4-14(5-9-16)19(15-6-10-17(25-2)11-7-15)22-18-12-13-27-20(18)21(23)26-3/h4-11,18-20,22H,12-13H2,1-3H3. The molecule has 6 heteroatoms. The average molecular weight is 388 g/mol. The van der Waals surface area contributed by atoms with Gasteiger partial charge in [0.05, 0.1) is 27.4 Å². The number of hydrogen-bond acceptors (Lipinski definition) is 6. The molecule has 5 nitrogen and oxygen atoms in total. The lowest BCUT2D eigenvalue weighted by atomic mass is 9.96. The topological polar surface area (TPSA) is 56.8 Å². The first-order chi connectivity index (χ1) is 13.2. The highest BCUT2D eigenvalue weighted by molar-refractivity contribution is 8.00. The van der Waals surface area contributed by atoms with E-state index < -0.39 is 0 Å². The van der Waals surface area contributed by atoms with E-state index in [0.717, 1.165) is 34.8 Å². The Morgan fingerprint density at radius 3 is 1.93 bits per heavy atom. The largest absolute Gasteiger partial charge is 0.497 e. The van der Waals surface area contributed by atoms with Crippen LogP contribution in [0.1, 0.15) is 23.6 Å². The van der Waals surface area contributed by atoms with Gasteiger partial charge >= 0.3 is 5.97 Å². The van der Waals surface area contributed by atoms with Crippen molar-refractivity contribution in [3.8, 4) is 11.5 Å². The van der Waals surface area contributed by atoms with Crippen LogP contribution in [-0.2, 0) is 9.53 Å². The van der Waals surface area contributed by atoms with Crippen LogP contribution >= 0.6 is 11.8 Å². The molecule has 0 aromatic heterocycles. The maximum atomic E-state index is 12.1. The molecule has 1 aliphatic rings. The second kappa shape index (κ2) is 9.15. The molecule has 144 valence electrons. The molecule has 1 aliphatic heterocycles. The van der Waals surface area contributed by atoms with Gasteiger partial charge in [-0.05, 0) is 47.6 Å². The Morgan fingerprint density at radius 2 is 1.48 bits per heavy atom. The normalized spacial score (nSPS) is 19.1. The molecule has 3 rings (SSSR count). The van der Waals surface area contributed by atoms with Crippen LogP contribution in [0, 0.1) is 0 Å². The quantitative estimate of drug-likeness (QED) is 0.735. The molecule has 2 atom stereocenters. The summed E-state index contributed by atoms with van der Waals surface area (Å²) >= 11 is 1.65. The van der Waals surface area contributed by atoms with Crippen LogP contribution in [0.3, 0.4) is 0 Å². The van der Waals surface area contributed by atoms with E-state index in [1.54, 1.807) is 26.0 Å². The van der Waals surface area contributed by atoms with E-state index in [4.69, 9.17) is 14.2 Å². The minimum atomic E-state index is -0.186. The Kier molecular flexibility index (Phi) is 6.63. The molecule has 27 heavy (non-hydrogen) atoms. The number of thioether (sulfide) groups is 1. The van der Waals surface area contributed by atoms with Gasteiger partial charge in [-0.25, -0.2) is 0 Å². The lowest BCUT2D eigenvalue weighted by molar-refractivity contribution is -0.140. The van der Waals surface area contributed by atoms with Gasteiger partial charge in [0.15, 0.2) is 0 Å². The van der Waals surface area contributed by atoms with Crippen LogP contribution in [0.5, 0.6) is 11.5 Å². The smallest absolute Gasteiger partial charge is 0.320 e. The van der Waals surface area contributed by atoms with E-state index >= 15 is 0 Å². The second-order valence-electron chi connectivity index (χ2n) is 6.36. The Labute approximate surface area is 164 Å². The molecule has 2 unspecified atom stereocenters. The summed E-state index contributed by atoms with van der Waals surface area (Å²) in [5, 5.41) is 3.50. The number of carbonyl (C=O) groups excluding carboxylic acids is 1. The number of carbonyl (C=O) groups is 1. The van der Waals surface area contributed by atoms with Crippen LogP contribution in [-0.4, -0.2) is 44.3 Å². The highest BCUT2D eigenvalue weighted by Gasteiger charge is 2.36. The third-order valence-corrected chi connectivity index (χ3v) is 6.16. The van der Waals surface area contributed by atoms with Gasteiger partial charge < -0.3 is 19.5 Å². The molecule has 1 saturated heterocycles. The maximum Gasteiger partial charge on any atom is 0.320 e.